The van der Waals surface area contributed by atoms with Gasteiger partial charge in [0.25, 0.3) is 5.91 Å². The fourth-order valence-corrected chi connectivity index (χ4v) is 6.65. The van der Waals surface area contributed by atoms with Crippen LogP contribution in [0.5, 0.6) is 11.5 Å². The summed E-state index contributed by atoms with van der Waals surface area (Å²) in [6.07, 6.45) is -0.123. The number of alkyl halides is 3. The van der Waals surface area contributed by atoms with Crippen LogP contribution in [0.2, 0.25) is 0 Å². The highest BCUT2D eigenvalue weighted by atomic mass is 19.4. The first-order valence-corrected chi connectivity index (χ1v) is 16.3. The molecule has 4 heterocycles. The summed E-state index contributed by atoms with van der Waals surface area (Å²) in [5.74, 6) is -0.0435. The molecule has 1 amide bonds. The van der Waals surface area contributed by atoms with Gasteiger partial charge in [-0.25, -0.2) is 19.0 Å². The van der Waals surface area contributed by atoms with Crippen molar-refractivity contribution in [3.63, 3.8) is 0 Å². The Hall–Kier alpha value is -5.07. The van der Waals surface area contributed by atoms with Crippen LogP contribution in [0.25, 0.3) is 22.3 Å². The van der Waals surface area contributed by atoms with E-state index in [4.69, 9.17) is 15.6 Å². The quantitative estimate of drug-likeness (QED) is 0.143. The van der Waals surface area contributed by atoms with Gasteiger partial charge < -0.3 is 15.4 Å². The normalized spacial score (nSPS) is 18.3. The molecule has 1 atom stereocenters. The molecule has 0 radical (unpaired) electrons. The Bertz CT molecular complexity index is 1930. The van der Waals surface area contributed by atoms with Crippen LogP contribution in [0.1, 0.15) is 32.7 Å². The van der Waals surface area contributed by atoms with Gasteiger partial charge >= 0.3 is 6.18 Å². The summed E-state index contributed by atoms with van der Waals surface area (Å²) < 4.78 is 61.7. The van der Waals surface area contributed by atoms with Crippen LogP contribution < -0.4 is 10.5 Å². The van der Waals surface area contributed by atoms with Crippen LogP contribution in [0.3, 0.4) is 0 Å². The molecular formula is C35H37F4N9O2. The Labute approximate surface area is 286 Å². The molecule has 2 saturated heterocycles. The number of benzene rings is 2. The minimum absolute atomic E-state index is 0.0502. The summed E-state index contributed by atoms with van der Waals surface area (Å²) >= 11 is 0. The van der Waals surface area contributed by atoms with Gasteiger partial charge in [-0.15, -0.1) is 0 Å². The van der Waals surface area contributed by atoms with E-state index < -0.39 is 30.0 Å². The zero-order valence-electron chi connectivity index (χ0n) is 27.7. The van der Waals surface area contributed by atoms with Crippen LogP contribution in [-0.2, 0) is 4.79 Å². The molecule has 2 aromatic carbocycles. The molecule has 6 rings (SSSR count). The van der Waals surface area contributed by atoms with Crippen molar-refractivity contribution >= 4 is 22.8 Å². The maximum Gasteiger partial charge on any atom is 0.401 e. The number of hydrogen-bond acceptors (Lipinski definition) is 9. The lowest BCUT2D eigenvalue weighted by Gasteiger charge is -2.43. The largest absolute Gasteiger partial charge is 0.457 e. The van der Waals surface area contributed by atoms with E-state index in [2.05, 4.69) is 16.0 Å². The number of piperazine rings is 1. The van der Waals surface area contributed by atoms with Crippen molar-refractivity contribution in [3.8, 4) is 28.8 Å². The molecule has 0 bridgehead atoms. The van der Waals surface area contributed by atoms with Gasteiger partial charge in [0, 0.05) is 56.4 Å². The minimum Gasteiger partial charge on any atom is -0.457 e. The van der Waals surface area contributed by atoms with Gasteiger partial charge in [-0.2, -0.15) is 23.5 Å². The van der Waals surface area contributed by atoms with Gasteiger partial charge in [-0.05, 0) is 57.0 Å². The number of piperidine rings is 1. The summed E-state index contributed by atoms with van der Waals surface area (Å²) in [5, 5.41) is 15.2. The van der Waals surface area contributed by atoms with Gasteiger partial charge in [0.1, 0.15) is 46.8 Å². The SMILES string of the molecule is CC(C)(/C=C(\C#N)C(=O)N1CCC[C@@H](n2nc(-c3ccc(Oc4ccccc4)cc3F)c3c(N)ncnc32)C1)N1CCN(CC(F)(F)F)CC1. The zero-order chi connectivity index (χ0) is 35.6. The minimum atomic E-state index is -4.27. The van der Waals surface area contributed by atoms with E-state index in [-0.39, 0.29) is 48.3 Å². The highest BCUT2D eigenvalue weighted by molar-refractivity contribution is 5.99. The monoisotopic (exact) mass is 691 g/mol. The Morgan fingerprint density at radius 1 is 1.06 bits per heavy atom. The lowest BCUT2D eigenvalue weighted by atomic mass is 9.96. The third-order valence-corrected chi connectivity index (χ3v) is 9.16. The number of nitriles is 1. The summed E-state index contributed by atoms with van der Waals surface area (Å²) in [6.45, 7) is 4.52. The van der Waals surface area contributed by atoms with Gasteiger partial charge in [0.05, 0.1) is 18.0 Å². The molecule has 0 spiro atoms. The van der Waals surface area contributed by atoms with Crippen LogP contribution in [0, 0.1) is 17.1 Å². The van der Waals surface area contributed by atoms with Gasteiger partial charge in [-0.1, -0.05) is 18.2 Å². The standard InChI is InChI=1S/C35H37F4N9O2/c1-34(2,47-15-13-45(14-16-47)21-35(37,38)39)18-23(19-40)33(49)46-12-6-7-24(20-46)48-32-29(31(41)42-22-43-32)30(44-48)27-11-10-26(17-28(27)36)50-25-8-4-3-5-9-25/h3-5,8-11,17-18,22,24H,6-7,12-16,20-21H2,1-2H3,(H2,41,42,43)/b23-18+/t24-/m1/s1. The molecular weight excluding hydrogens is 654 g/mol. The number of ether oxygens (including phenoxy) is 1. The lowest BCUT2D eigenvalue weighted by Crippen LogP contribution is -2.55. The maximum absolute atomic E-state index is 15.6. The van der Waals surface area contributed by atoms with Crippen molar-refractivity contribution in [1.82, 2.24) is 34.4 Å². The summed E-state index contributed by atoms with van der Waals surface area (Å²) in [6, 6.07) is 15.2. The lowest BCUT2D eigenvalue weighted by molar-refractivity contribution is -0.150. The number of hydrogen-bond donors (Lipinski definition) is 1. The highest BCUT2D eigenvalue weighted by Gasteiger charge is 2.36. The van der Waals surface area contributed by atoms with Gasteiger partial charge in [0.15, 0.2) is 5.65 Å². The number of amides is 1. The van der Waals surface area contributed by atoms with E-state index in [1.165, 1.54) is 17.3 Å². The average Bonchev–Trinajstić information content (AvgIpc) is 3.48. The summed E-state index contributed by atoms with van der Waals surface area (Å²) in [5.41, 5.74) is 6.30. The van der Waals surface area contributed by atoms with Gasteiger partial charge in [0.2, 0.25) is 0 Å². The number of aromatic nitrogens is 4. The molecule has 2 aliphatic heterocycles. The van der Waals surface area contributed by atoms with Crippen molar-refractivity contribution in [3.05, 3.63) is 72.3 Å². The Balaban J connectivity index is 1.22. The first kappa shape index (κ1) is 34.8. The first-order chi connectivity index (χ1) is 23.8. The highest BCUT2D eigenvalue weighted by Crippen LogP contribution is 2.36. The number of nitrogens with zero attached hydrogens (tertiary/aromatic N) is 8. The van der Waals surface area contributed by atoms with Crippen molar-refractivity contribution < 1.29 is 27.1 Å². The van der Waals surface area contributed by atoms with Crippen LogP contribution >= 0.6 is 0 Å². The molecule has 2 fully saturated rings. The van der Waals surface area contributed by atoms with Crippen molar-refractivity contribution in [1.29, 1.82) is 5.26 Å². The number of carbonyl (C=O) groups is 1. The predicted molar refractivity (Wildman–Crippen MR) is 178 cm³/mol. The number of para-hydroxylation sites is 1. The van der Waals surface area contributed by atoms with Crippen LogP contribution in [0.15, 0.2) is 66.5 Å². The topological polar surface area (TPSA) is 129 Å². The van der Waals surface area contributed by atoms with E-state index in [0.29, 0.717) is 55.0 Å². The Morgan fingerprint density at radius 2 is 1.80 bits per heavy atom. The third-order valence-electron chi connectivity index (χ3n) is 9.16. The fraction of sp³-hybridized carbons (Fsp3) is 0.400. The van der Waals surface area contributed by atoms with Crippen LogP contribution in [0.4, 0.5) is 23.4 Å². The number of nitrogen functional groups attached to an aromatic ring is 1. The third kappa shape index (κ3) is 7.56. The molecule has 15 heteroatoms. The molecule has 0 unspecified atom stereocenters. The van der Waals surface area contributed by atoms with E-state index in [1.807, 2.05) is 36.9 Å². The number of fused-ring (bicyclic) bond motifs is 1. The second-order valence-corrected chi connectivity index (χ2v) is 13.1. The first-order valence-electron chi connectivity index (χ1n) is 16.3. The number of nitrogens with two attached hydrogens (primary N) is 1. The molecule has 2 aliphatic rings. The summed E-state index contributed by atoms with van der Waals surface area (Å²) in [4.78, 5) is 27.3. The smallest absolute Gasteiger partial charge is 0.401 e. The molecule has 0 aliphatic carbocycles. The molecule has 0 saturated carbocycles. The second kappa shape index (κ2) is 14.0. The zero-order valence-corrected chi connectivity index (χ0v) is 27.7. The number of likely N-dealkylation sites (tertiary alicyclic amines) is 1. The van der Waals surface area contributed by atoms with Crippen LogP contribution in [-0.4, -0.2) is 97.9 Å². The number of carbonyl (C=O) groups excluding carboxylic acids is 1. The number of halogens is 4. The summed E-state index contributed by atoms with van der Waals surface area (Å²) in [7, 11) is 0. The molecule has 11 nitrogen and oxygen atoms in total. The predicted octanol–water partition coefficient (Wildman–Crippen LogP) is 5.58. The Morgan fingerprint density at radius 3 is 2.48 bits per heavy atom. The fourth-order valence-electron chi connectivity index (χ4n) is 6.65. The number of anilines is 1. The van der Waals surface area contributed by atoms with E-state index in [0.717, 1.165) is 0 Å². The van der Waals surface area contributed by atoms with E-state index in [1.54, 1.807) is 39.9 Å². The maximum atomic E-state index is 15.6. The van der Waals surface area contributed by atoms with E-state index in [9.17, 15) is 23.2 Å². The molecule has 2 aromatic heterocycles. The number of rotatable bonds is 8. The molecule has 2 N–H and O–H groups in total. The van der Waals surface area contributed by atoms with Gasteiger partial charge in [-0.3, -0.25) is 14.6 Å². The molecule has 4 aromatic rings. The Kier molecular flexibility index (Phi) is 9.77. The molecule has 262 valence electrons. The second-order valence-electron chi connectivity index (χ2n) is 13.1. The molecule has 50 heavy (non-hydrogen) atoms. The average molecular weight is 692 g/mol. The van der Waals surface area contributed by atoms with Crippen molar-refractivity contribution in [2.45, 2.75) is 44.4 Å². The van der Waals surface area contributed by atoms with Crippen molar-refractivity contribution in [2.24, 2.45) is 0 Å². The van der Waals surface area contributed by atoms with E-state index >= 15 is 4.39 Å². The van der Waals surface area contributed by atoms with Crippen molar-refractivity contribution in [2.75, 3.05) is 51.5 Å².